The van der Waals surface area contributed by atoms with Crippen molar-refractivity contribution in [1.29, 1.82) is 0 Å². The molecule has 0 spiro atoms. The van der Waals surface area contributed by atoms with Gasteiger partial charge in [-0.05, 0) is 44.9 Å². The molecule has 0 radical (unpaired) electrons. The summed E-state index contributed by atoms with van der Waals surface area (Å²) in [4.78, 5) is 26.0. The summed E-state index contributed by atoms with van der Waals surface area (Å²) in [6.07, 6.45) is 50.2. The summed E-state index contributed by atoms with van der Waals surface area (Å²) in [5.41, 5.74) is 0. The number of esters is 1. The lowest BCUT2D eigenvalue weighted by atomic mass is 10.0. The number of carbonyl (C=O) groups excluding carboxylic acids is 2. The summed E-state index contributed by atoms with van der Waals surface area (Å²) in [6.45, 7) is 6.31. The van der Waals surface area contributed by atoms with Crippen molar-refractivity contribution < 1.29 is 24.5 Å². The Balaban J connectivity index is 4.55. The third kappa shape index (κ3) is 38.5. The van der Waals surface area contributed by atoms with E-state index in [2.05, 4.69) is 56.5 Å². The van der Waals surface area contributed by atoms with Crippen molar-refractivity contribution in [3.8, 4) is 0 Å². The van der Waals surface area contributed by atoms with Gasteiger partial charge in [0.25, 0.3) is 0 Å². The maximum atomic E-state index is 13.1. The third-order valence-electron chi connectivity index (χ3n) is 10.5. The van der Waals surface area contributed by atoms with Gasteiger partial charge in [0.05, 0.1) is 25.2 Å². The molecule has 0 aromatic carbocycles. The van der Waals surface area contributed by atoms with Gasteiger partial charge < -0.3 is 20.3 Å². The van der Waals surface area contributed by atoms with Gasteiger partial charge in [0.15, 0.2) is 0 Å². The predicted octanol–water partition coefficient (Wildman–Crippen LogP) is 13.5. The van der Waals surface area contributed by atoms with Crippen LogP contribution in [0.2, 0.25) is 0 Å². The largest absolute Gasteiger partial charge is 0.462 e. The van der Waals surface area contributed by atoms with Crippen LogP contribution in [0.5, 0.6) is 0 Å². The number of aliphatic hydroxyl groups excluding tert-OH is 2. The smallest absolute Gasteiger partial charge is 0.306 e. The lowest BCUT2D eigenvalue weighted by molar-refractivity contribution is -0.151. The summed E-state index contributed by atoms with van der Waals surface area (Å²) in [5, 5.41) is 23.6. The summed E-state index contributed by atoms with van der Waals surface area (Å²) in [6, 6.07) is -0.702. The summed E-state index contributed by atoms with van der Waals surface area (Å²) >= 11 is 0. The number of hydrogen-bond donors (Lipinski definition) is 3. The molecule has 3 unspecified atom stereocenters. The molecular formula is C49H89NO5. The van der Waals surface area contributed by atoms with E-state index in [9.17, 15) is 19.8 Å². The van der Waals surface area contributed by atoms with Crippen LogP contribution in [0.25, 0.3) is 0 Å². The normalized spacial score (nSPS) is 13.8. The molecule has 0 aromatic rings. The van der Waals surface area contributed by atoms with Gasteiger partial charge >= 0.3 is 5.97 Å². The number of unbranched alkanes of at least 4 members (excludes halogenated alkanes) is 24. The SMILES string of the molecule is CC/C=C/C=C/C=C/C=C\CCCCCCCC(=O)OC(CCCCCCCCCCC)CC(=O)NC(CO)C(O)CCCCCCCCCCCCCC. The minimum absolute atomic E-state index is 0.0689. The first-order chi connectivity index (χ1) is 27.0. The van der Waals surface area contributed by atoms with E-state index in [0.29, 0.717) is 19.3 Å². The molecule has 0 rings (SSSR count). The van der Waals surface area contributed by atoms with E-state index in [1.54, 1.807) is 0 Å². The van der Waals surface area contributed by atoms with Crippen LogP contribution in [-0.4, -0.2) is 46.9 Å². The number of ether oxygens (including phenoxy) is 1. The Kier molecular flexibility index (Phi) is 41.2. The predicted molar refractivity (Wildman–Crippen MR) is 236 cm³/mol. The topological polar surface area (TPSA) is 95.9 Å². The van der Waals surface area contributed by atoms with E-state index in [-0.39, 0.29) is 24.9 Å². The van der Waals surface area contributed by atoms with Crippen LogP contribution >= 0.6 is 0 Å². The van der Waals surface area contributed by atoms with Crippen LogP contribution in [0, 0.1) is 0 Å². The third-order valence-corrected chi connectivity index (χ3v) is 10.5. The van der Waals surface area contributed by atoms with Crippen molar-refractivity contribution in [2.45, 2.75) is 244 Å². The van der Waals surface area contributed by atoms with Crippen molar-refractivity contribution in [2.24, 2.45) is 0 Å². The van der Waals surface area contributed by atoms with Crippen LogP contribution in [0.15, 0.2) is 48.6 Å². The highest BCUT2D eigenvalue weighted by molar-refractivity contribution is 5.77. The van der Waals surface area contributed by atoms with Crippen molar-refractivity contribution in [3.05, 3.63) is 48.6 Å². The van der Waals surface area contributed by atoms with Gasteiger partial charge in [-0.25, -0.2) is 0 Å². The number of amides is 1. The number of aliphatic hydroxyl groups is 2. The first kappa shape index (κ1) is 52.8. The molecule has 0 saturated carbocycles. The van der Waals surface area contributed by atoms with Crippen molar-refractivity contribution in [3.63, 3.8) is 0 Å². The van der Waals surface area contributed by atoms with Crippen molar-refractivity contribution in [1.82, 2.24) is 5.32 Å². The minimum Gasteiger partial charge on any atom is -0.462 e. The zero-order chi connectivity index (χ0) is 40.3. The molecule has 0 heterocycles. The van der Waals surface area contributed by atoms with Crippen LogP contribution in [0.1, 0.15) is 226 Å². The van der Waals surface area contributed by atoms with Crippen LogP contribution in [-0.2, 0) is 14.3 Å². The van der Waals surface area contributed by atoms with Crippen LogP contribution in [0.3, 0.4) is 0 Å². The lowest BCUT2D eigenvalue weighted by Gasteiger charge is -2.24. The van der Waals surface area contributed by atoms with Crippen molar-refractivity contribution >= 4 is 11.9 Å². The highest BCUT2D eigenvalue weighted by atomic mass is 16.5. The maximum Gasteiger partial charge on any atom is 0.306 e. The second kappa shape index (κ2) is 43.0. The Bertz CT molecular complexity index is 957. The summed E-state index contributed by atoms with van der Waals surface area (Å²) < 4.78 is 5.89. The van der Waals surface area contributed by atoms with E-state index in [1.165, 1.54) is 96.3 Å². The molecular weight excluding hydrogens is 683 g/mol. The van der Waals surface area contributed by atoms with E-state index >= 15 is 0 Å². The molecule has 3 N–H and O–H groups in total. The monoisotopic (exact) mass is 772 g/mol. The van der Waals surface area contributed by atoms with Crippen LogP contribution < -0.4 is 5.32 Å². The van der Waals surface area contributed by atoms with Gasteiger partial charge in [0.2, 0.25) is 5.91 Å². The molecule has 0 aliphatic rings. The molecule has 1 amide bonds. The molecule has 6 heteroatoms. The van der Waals surface area contributed by atoms with Gasteiger partial charge in [-0.1, -0.05) is 217 Å². The first-order valence-electron chi connectivity index (χ1n) is 23.4. The fourth-order valence-corrected chi connectivity index (χ4v) is 6.97. The fourth-order valence-electron chi connectivity index (χ4n) is 6.97. The second-order valence-electron chi connectivity index (χ2n) is 15.9. The minimum atomic E-state index is -0.788. The Morgan fingerprint density at radius 1 is 0.545 bits per heavy atom. The van der Waals surface area contributed by atoms with Gasteiger partial charge in [0.1, 0.15) is 6.10 Å². The van der Waals surface area contributed by atoms with Gasteiger partial charge in [-0.2, -0.15) is 0 Å². The molecule has 0 aliphatic heterocycles. The Hall–Kier alpha value is -2.18. The number of hydrogen-bond acceptors (Lipinski definition) is 5. The fraction of sp³-hybridized carbons (Fsp3) is 0.796. The molecule has 0 fully saturated rings. The molecule has 55 heavy (non-hydrogen) atoms. The zero-order valence-corrected chi connectivity index (χ0v) is 36.3. The van der Waals surface area contributed by atoms with E-state index in [1.807, 2.05) is 18.2 Å². The Labute approximate surface area is 340 Å². The molecule has 0 bridgehead atoms. The zero-order valence-electron chi connectivity index (χ0n) is 36.3. The van der Waals surface area contributed by atoms with Gasteiger partial charge in [-0.3, -0.25) is 9.59 Å². The maximum absolute atomic E-state index is 13.1. The van der Waals surface area contributed by atoms with Gasteiger partial charge in [0, 0.05) is 6.42 Å². The average Bonchev–Trinajstić information content (AvgIpc) is 3.18. The number of nitrogens with one attached hydrogen (secondary N) is 1. The second-order valence-corrected chi connectivity index (χ2v) is 15.9. The average molecular weight is 772 g/mol. The number of carbonyl (C=O) groups is 2. The molecule has 320 valence electrons. The lowest BCUT2D eigenvalue weighted by Crippen LogP contribution is -2.46. The van der Waals surface area contributed by atoms with E-state index < -0.39 is 18.2 Å². The van der Waals surface area contributed by atoms with Crippen LogP contribution in [0.4, 0.5) is 0 Å². The summed E-state index contributed by atoms with van der Waals surface area (Å²) in [5.74, 6) is -0.500. The Morgan fingerprint density at radius 2 is 0.982 bits per heavy atom. The number of rotatable bonds is 41. The first-order valence-corrected chi connectivity index (χ1v) is 23.4. The number of allylic oxidation sites excluding steroid dienone is 8. The molecule has 0 aliphatic carbocycles. The highest BCUT2D eigenvalue weighted by Gasteiger charge is 2.24. The van der Waals surface area contributed by atoms with Gasteiger partial charge in [-0.15, -0.1) is 0 Å². The quantitative estimate of drug-likeness (QED) is 0.0327. The molecule has 3 atom stereocenters. The highest BCUT2D eigenvalue weighted by Crippen LogP contribution is 2.18. The summed E-state index contributed by atoms with van der Waals surface area (Å²) in [7, 11) is 0. The molecule has 6 nitrogen and oxygen atoms in total. The standard InChI is InChI=1S/C49H89NO5/c1-4-7-10-13-16-19-21-23-24-25-27-30-33-36-39-42-49(54)55-45(40-37-34-31-28-18-15-12-9-6-3)43-48(53)50-46(44-51)47(52)41-38-35-32-29-26-22-20-17-14-11-8-5-2/h7,10,13,16,19,21,23-24,45-47,51-52H,4-6,8-9,11-12,14-15,17-18,20,22,25-44H2,1-3H3,(H,50,53)/b10-7+,16-13+,21-19+,24-23-. The molecule has 0 saturated heterocycles. The molecule has 0 aromatic heterocycles. The van der Waals surface area contributed by atoms with Crippen molar-refractivity contribution in [2.75, 3.05) is 6.61 Å². The van der Waals surface area contributed by atoms with E-state index in [0.717, 1.165) is 83.5 Å². The van der Waals surface area contributed by atoms with E-state index in [4.69, 9.17) is 4.74 Å². The Morgan fingerprint density at radius 3 is 1.49 bits per heavy atom.